The van der Waals surface area contributed by atoms with Crippen molar-refractivity contribution in [3.05, 3.63) is 62.6 Å². The van der Waals surface area contributed by atoms with Crippen molar-refractivity contribution in [3.8, 4) is 5.75 Å². The minimum atomic E-state index is -0.150. The summed E-state index contributed by atoms with van der Waals surface area (Å²) in [6, 6.07) is 10.6. The second kappa shape index (κ2) is 5.76. The fourth-order valence-electron chi connectivity index (χ4n) is 1.79. The highest BCUT2D eigenvalue weighted by molar-refractivity contribution is 9.10. The van der Waals surface area contributed by atoms with Gasteiger partial charge in [-0.1, -0.05) is 39.7 Å². The van der Waals surface area contributed by atoms with Crippen LogP contribution in [0.3, 0.4) is 0 Å². The summed E-state index contributed by atoms with van der Waals surface area (Å²) in [4.78, 5) is 12.5. The van der Waals surface area contributed by atoms with E-state index in [-0.39, 0.29) is 5.78 Å². The number of rotatable bonds is 3. The zero-order valence-electron chi connectivity index (χ0n) is 10.5. The molecule has 0 atom stereocenters. The molecule has 0 saturated carbocycles. The Kier molecular flexibility index (Phi) is 4.27. The molecule has 0 unspecified atom stereocenters. The van der Waals surface area contributed by atoms with Crippen LogP contribution in [0.25, 0.3) is 0 Å². The molecule has 0 aliphatic carbocycles. The van der Waals surface area contributed by atoms with E-state index in [1.165, 1.54) is 0 Å². The Bertz CT molecular complexity index is 638. The predicted octanol–water partition coefficient (Wildman–Crippen LogP) is 4.65. The van der Waals surface area contributed by atoms with Crippen LogP contribution in [0.5, 0.6) is 5.75 Å². The second-order valence-electron chi connectivity index (χ2n) is 4.11. The van der Waals surface area contributed by atoms with Crippen LogP contribution in [-0.4, -0.2) is 12.9 Å². The van der Waals surface area contributed by atoms with Gasteiger partial charge in [-0.15, -0.1) is 0 Å². The Morgan fingerprint density at radius 2 is 1.89 bits per heavy atom. The van der Waals surface area contributed by atoms with E-state index in [0.717, 1.165) is 10.0 Å². The summed E-state index contributed by atoms with van der Waals surface area (Å²) in [5.74, 6) is 0.397. The van der Waals surface area contributed by atoms with Crippen molar-refractivity contribution >= 4 is 33.3 Å². The fraction of sp³-hybridized carbons (Fsp3) is 0.133. The maximum absolute atomic E-state index is 12.5. The van der Waals surface area contributed by atoms with Crippen LogP contribution in [0.4, 0.5) is 0 Å². The lowest BCUT2D eigenvalue weighted by Gasteiger charge is -2.11. The molecule has 4 heteroatoms. The molecular formula is C15H12BrClO2. The van der Waals surface area contributed by atoms with Crippen LogP contribution in [0.2, 0.25) is 5.02 Å². The van der Waals surface area contributed by atoms with Gasteiger partial charge >= 0.3 is 0 Å². The normalized spacial score (nSPS) is 10.3. The Balaban J connectivity index is 2.56. The molecule has 0 bridgehead atoms. The SMILES string of the molecule is COc1cc(C)c(Br)cc1C(=O)c1ccccc1Cl. The summed E-state index contributed by atoms with van der Waals surface area (Å²) >= 11 is 9.49. The quantitative estimate of drug-likeness (QED) is 0.761. The minimum absolute atomic E-state index is 0.150. The topological polar surface area (TPSA) is 26.3 Å². The van der Waals surface area contributed by atoms with E-state index < -0.39 is 0 Å². The van der Waals surface area contributed by atoms with Gasteiger partial charge in [-0.2, -0.15) is 0 Å². The highest BCUT2D eigenvalue weighted by Gasteiger charge is 2.18. The number of ketones is 1. The lowest BCUT2D eigenvalue weighted by molar-refractivity contribution is 0.103. The summed E-state index contributed by atoms with van der Waals surface area (Å²) < 4.78 is 6.14. The molecule has 0 spiro atoms. The van der Waals surface area contributed by atoms with Crippen LogP contribution < -0.4 is 4.74 Å². The smallest absolute Gasteiger partial charge is 0.198 e. The van der Waals surface area contributed by atoms with Crippen molar-refractivity contribution in [2.45, 2.75) is 6.92 Å². The Labute approximate surface area is 125 Å². The number of ether oxygens (including phenoxy) is 1. The van der Waals surface area contributed by atoms with Crippen LogP contribution in [0.15, 0.2) is 40.9 Å². The second-order valence-corrected chi connectivity index (χ2v) is 5.37. The van der Waals surface area contributed by atoms with Crippen molar-refractivity contribution < 1.29 is 9.53 Å². The minimum Gasteiger partial charge on any atom is -0.496 e. The number of hydrogen-bond donors (Lipinski definition) is 0. The van der Waals surface area contributed by atoms with E-state index in [2.05, 4.69) is 15.9 Å². The van der Waals surface area contributed by atoms with E-state index in [9.17, 15) is 4.79 Å². The Morgan fingerprint density at radius 1 is 1.21 bits per heavy atom. The molecule has 0 N–H and O–H groups in total. The van der Waals surface area contributed by atoms with Crippen molar-refractivity contribution in [1.82, 2.24) is 0 Å². The highest BCUT2D eigenvalue weighted by Crippen LogP contribution is 2.30. The zero-order valence-corrected chi connectivity index (χ0v) is 12.9. The van der Waals surface area contributed by atoms with Gasteiger partial charge < -0.3 is 4.74 Å². The van der Waals surface area contributed by atoms with Crippen molar-refractivity contribution in [2.75, 3.05) is 7.11 Å². The number of hydrogen-bond acceptors (Lipinski definition) is 2. The summed E-state index contributed by atoms with van der Waals surface area (Å²) in [6.07, 6.45) is 0. The van der Waals surface area contributed by atoms with Crippen molar-refractivity contribution in [1.29, 1.82) is 0 Å². The fourth-order valence-corrected chi connectivity index (χ4v) is 2.36. The third-order valence-electron chi connectivity index (χ3n) is 2.84. The van der Waals surface area contributed by atoms with E-state index in [1.807, 2.05) is 13.0 Å². The molecule has 0 aliphatic rings. The predicted molar refractivity (Wildman–Crippen MR) is 80.3 cm³/mol. The summed E-state index contributed by atoms with van der Waals surface area (Å²) in [6.45, 7) is 1.94. The standard InChI is InChI=1S/C15H12BrClO2/c1-9-7-14(19-2)11(8-12(9)16)15(18)10-5-3-4-6-13(10)17/h3-8H,1-2H3. The first kappa shape index (κ1) is 14.1. The molecule has 2 aromatic carbocycles. The van der Waals surface area contributed by atoms with Crippen molar-refractivity contribution in [2.24, 2.45) is 0 Å². The van der Waals surface area contributed by atoms with Gasteiger partial charge in [0.15, 0.2) is 5.78 Å². The van der Waals surface area contributed by atoms with Gasteiger partial charge in [0, 0.05) is 10.0 Å². The van der Waals surface area contributed by atoms with Gasteiger partial charge in [-0.25, -0.2) is 0 Å². The molecule has 2 aromatic rings. The molecule has 19 heavy (non-hydrogen) atoms. The summed E-state index contributed by atoms with van der Waals surface area (Å²) in [5, 5.41) is 0.436. The molecule has 0 aliphatic heterocycles. The van der Waals surface area contributed by atoms with Gasteiger partial charge in [0.25, 0.3) is 0 Å². The van der Waals surface area contributed by atoms with E-state index >= 15 is 0 Å². The van der Waals surface area contributed by atoms with Crippen molar-refractivity contribution in [3.63, 3.8) is 0 Å². The first-order chi connectivity index (χ1) is 9.04. The van der Waals surface area contributed by atoms with E-state index in [4.69, 9.17) is 16.3 Å². The van der Waals surface area contributed by atoms with Gasteiger partial charge in [0.05, 0.1) is 17.7 Å². The lowest BCUT2D eigenvalue weighted by atomic mass is 10.0. The van der Waals surface area contributed by atoms with Crippen LogP contribution in [0.1, 0.15) is 21.5 Å². The number of methoxy groups -OCH3 is 1. The monoisotopic (exact) mass is 338 g/mol. The number of carbonyl (C=O) groups excluding carboxylic acids is 1. The Hall–Kier alpha value is -1.32. The molecule has 0 amide bonds. The summed E-state index contributed by atoms with van der Waals surface area (Å²) in [7, 11) is 1.55. The molecule has 2 nitrogen and oxygen atoms in total. The maximum atomic E-state index is 12.5. The molecule has 0 fully saturated rings. The van der Waals surface area contributed by atoms with Gasteiger partial charge in [0.2, 0.25) is 0 Å². The van der Waals surface area contributed by atoms with Crippen LogP contribution in [0, 0.1) is 6.92 Å². The molecule has 0 aromatic heterocycles. The average Bonchev–Trinajstić information content (AvgIpc) is 2.41. The molecule has 0 saturated heterocycles. The van der Waals surface area contributed by atoms with E-state index in [1.54, 1.807) is 37.4 Å². The first-order valence-corrected chi connectivity index (χ1v) is 6.85. The van der Waals surface area contributed by atoms with E-state index in [0.29, 0.717) is 21.9 Å². The number of aryl methyl sites for hydroxylation is 1. The summed E-state index contributed by atoms with van der Waals surface area (Å²) in [5.41, 5.74) is 1.97. The third kappa shape index (κ3) is 2.82. The molecule has 98 valence electrons. The van der Waals surface area contributed by atoms with Crippen LogP contribution >= 0.6 is 27.5 Å². The zero-order chi connectivity index (χ0) is 14.0. The average molecular weight is 340 g/mol. The number of halogens is 2. The number of carbonyl (C=O) groups is 1. The molecule has 2 rings (SSSR count). The third-order valence-corrected chi connectivity index (χ3v) is 4.03. The molecule has 0 heterocycles. The highest BCUT2D eigenvalue weighted by atomic mass is 79.9. The Morgan fingerprint density at radius 3 is 2.53 bits per heavy atom. The van der Waals surface area contributed by atoms with Gasteiger partial charge in [-0.3, -0.25) is 4.79 Å². The largest absolute Gasteiger partial charge is 0.496 e. The van der Waals surface area contributed by atoms with Gasteiger partial charge in [-0.05, 0) is 36.8 Å². The van der Waals surface area contributed by atoms with Crippen LogP contribution in [-0.2, 0) is 0 Å². The first-order valence-electron chi connectivity index (χ1n) is 5.68. The van der Waals surface area contributed by atoms with Gasteiger partial charge in [0.1, 0.15) is 5.75 Å². The lowest BCUT2D eigenvalue weighted by Crippen LogP contribution is -2.05. The maximum Gasteiger partial charge on any atom is 0.198 e. The number of benzene rings is 2. The molecular weight excluding hydrogens is 328 g/mol. The molecule has 0 radical (unpaired) electrons.